The summed E-state index contributed by atoms with van der Waals surface area (Å²) in [6, 6.07) is 3.77. The number of rotatable bonds is 7. The number of fused-ring (bicyclic) bond motifs is 17. The lowest BCUT2D eigenvalue weighted by molar-refractivity contribution is -0.265. The van der Waals surface area contributed by atoms with Crippen LogP contribution < -0.4 is 5.06 Å². The van der Waals surface area contributed by atoms with Crippen molar-refractivity contribution in [3.8, 4) is 0 Å². The van der Waals surface area contributed by atoms with Crippen LogP contribution in [0.4, 0.5) is 5.69 Å². The zero-order valence-corrected chi connectivity index (χ0v) is 47.2. The largest absolute Gasteiger partial charge is 0.460 e. The van der Waals surface area contributed by atoms with E-state index in [1.165, 1.54) is 12.0 Å². The van der Waals surface area contributed by atoms with Gasteiger partial charge in [0.05, 0.1) is 40.5 Å². The number of Topliss-reactive ketones (excluding diaryl/α,β-unsaturated/α-hetero) is 3. The Bertz CT molecular complexity index is 2210. The molecule has 1 aromatic rings. The number of hydrogen-bond donors (Lipinski definition) is 3. The first-order chi connectivity index (χ1) is 35.5. The lowest BCUT2D eigenvalue weighted by Crippen LogP contribution is -2.61. The fourth-order valence-corrected chi connectivity index (χ4v) is 12.8. The summed E-state index contributed by atoms with van der Waals surface area (Å²) in [5, 5.41) is 37.0. The molecule has 1 saturated carbocycles. The van der Waals surface area contributed by atoms with E-state index in [-0.39, 0.29) is 67.3 Å². The summed E-state index contributed by atoms with van der Waals surface area (Å²) in [7, 11) is 4.50. The minimum atomic E-state index is -2.49. The van der Waals surface area contributed by atoms with Gasteiger partial charge in [-0.05, 0) is 132 Å². The van der Waals surface area contributed by atoms with Crippen molar-refractivity contribution in [3.63, 3.8) is 0 Å². The van der Waals surface area contributed by atoms with Gasteiger partial charge in [-0.15, -0.1) is 0 Å². The molecular formula is C57H84Cl2N2O14. The molecule has 3 unspecified atom stereocenters. The highest BCUT2D eigenvalue weighted by molar-refractivity contribution is 6.39. The number of halogens is 2. The van der Waals surface area contributed by atoms with Crippen LogP contribution in [-0.2, 0) is 52.5 Å². The Morgan fingerprint density at radius 2 is 1.53 bits per heavy atom. The number of ether oxygens (including phenoxy) is 5. The van der Waals surface area contributed by atoms with Gasteiger partial charge in [0.25, 0.3) is 11.7 Å². The summed E-state index contributed by atoms with van der Waals surface area (Å²) >= 11 is 13.7. The SMILES string of the molecule is CO[C@H]1C[C@@H]2CC[C@@H](C)[C@@](O)(O2)C(=O)C(=O)N2CCCCC2C(=O)O[C@H]([C@H](C)C[C@@H]2CC[C@@H](O)[C@H](OC)C2)CC(=O)[C@H](C)C=C(C)[C@@H](O)[C@@H](OC)C(=O)[C@H](C)C[C@H](C)C2CCC(C=C1C)ON2c1c(Cl)cccc1Cl. The molecule has 4 fully saturated rings. The molecular weight excluding hydrogens is 1010 g/mol. The van der Waals surface area contributed by atoms with Crippen molar-refractivity contribution in [2.45, 2.75) is 205 Å². The molecule has 3 N–H and O–H groups in total. The van der Waals surface area contributed by atoms with Gasteiger partial charge in [-0.2, -0.15) is 0 Å². The first-order valence-electron chi connectivity index (χ1n) is 27.3. The molecule has 1 aromatic carbocycles. The van der Waals surface area contributed by atoms with Gasteiger partial charge in [-0.3, -0.25) is 24.0 Å². The number of nitrogens with zero attached hydrogens (tertiary/aromatic N) is 2. The van der Waals surface area contributed by atoms with Crippen molar-refractivity contribution in [1.29, 1.82) is 0 Å². The minimum absolute atomic E-state index is 0.0616. The highest BCUT2D eigenvalue weighted by Gasteiger charge is 2.53. The highest BCUT2D eigenvalue weighted by Crippen LogP contribution is 2.43. The number of anilines is 1. The van der Waals surface area contributed by atoms with E-state index in [0.717, 1.165) is 5.57 Å². The molecule has 1 amide bonds. The van der Waals surface area contributed by atoms with E-state index >= 15 is 0 Å². The van der Waals surface area contributed by atoms with E-state index in [9.17, 15) is 39.3 Å². The Labute approximate surface area is 454 Å². The lowest BCUT2D eigenvalue weighted by atomic mass is 9.78. The van der Waals surface area contributed by atoms with E-state index in [0.29, 0.717) is 91.9 Å². The smallest absolute Gasteiger partial charge is 0.329 e. The molecule has 18 heteroatoms. The number of amides is 1. The normalized spacial score (nSPS) is 37.4. The number of hydrogen-bond acceptors (Lipinski definition) is 15. The average Bonchev–Trinajstić information content (AvgIpc) is 3.38. The quantitative estimate of drug-likeness (QED) is 0.133. The number of methoxy groups -OCH3 is 3. The average molecular weight is 1090 g/mol. The molecule has 6 aliphatic rings. The van der Waals surface area contributed by atoms with Gasteiger partial charge in [0.2, 0.25) is 5.79 Å². The zero-order valence-electron chi connectivity index (χ0n) is 45.7. The second-order valence-electron chi connectivity index (χ2n) is 22.5. The van der Waals surface area contributed by atoms with Crippen molar-refractivity contribution in [2.75, 3.05) is 32.9 Å². The molecule has 0 spiro atoms. The summed E-state index contributed by atoms with van der Waals surface area (Å²) in [6.45, 7) is 12.7. The predicted molar refractivity (Wildman–Crippen MR) is 284 cm³/mol. The lowest BCUT2D eigenvalue weighted by Gasteiger charge is -2.44. The Hall–Kier alpha value is -3.29. The van der Waals surface area contributed by atoms with Crippen molar-refractivity contribution in [3.05, 3.63) is 51.5 Å². The van der Waals surface area contributed by atoms with Gasteiger partial charge < -0.3 is 43.9 Å². The summed E-state index contributed by atoms with van der Waals surface area (Å²) in [6.07, 6.45) is 3.43. The van der Waals surface area contributed by atoms with Crippen molar-refractivity contribution >= 4 is 58.1 Å². The molecule has 5 aliphatic heterocycles. The molecule has 16 nitrogen and oxygen atoms in total. The van der Waals surface area contributed by atoms with Gasteiger partial charge in [-0.25, -0.2) is 9.86 Å². The predicted octanol–water partition coefficient (Wildman–Crippen LogP) is 8.34. The monoisotopic (exact) mass is 1090 g/mol. The van der Waals surface area contributed by atoms with Crippen molar-refractivity contribution in [1.82, 2.24) is 4.90 Å². The van der Waals surface area contributed by atoms with Crippen LogP contribution in [0.25, 0.3) is 0 Å². The summed E-state index contributed by atoms with van der Waals surface area (Å²) in [4.78, 5) is 80.0. The number of para-hydroxylation sites is 1. The van der Waals surface area contributed by atoms with Crippen molar-refractivity contribution < 1.29 is 67.8 Å². The van der Waals surface area contributed by atoms with E-state index in [1.807, 2.05) is 33.8 Å². The van der Waals surface area contributed by atoms with Crippen molar-refractivity contribution in [2.24, 2.45) is 35.5 Å². The molecule has 0 aromatic heterocycles. The number of aliphatic hydroxyl groups is 3. The summed E-state index contributed by atoms with van der Waals surface area (Å²) < 4.78 is 29.9. The second-order valence-corrected chi connectivity index (χ2v) is 23.3. The molecule has 4 bridgehead atoms. The van der Waals surface area contributed by atoms with Gasteiger partial charge in [0, 0.05) is 58.5 Å². The first-order valence-corrected chi connectivity index (χ1v) is 28.0. The van der Waals surface area contributed by atoms with Gasteiger partial charge in [0.15, 0.2) is 5.78 Å². The standard InChI is InChI=1S/C57H84Cl2N2O14/c1-31-24-35(5)51(64)53(72-10)52(65)36(6)25-32(2)46(63)30-48(33(3)26-38-18-22-45(62)49(28-38)71-9)73-56(68)44-16-11-12-23-60(44)55(67)54(66)57(69)37(7)17-19-39(74-57)29-47(70-8)34(4)27-40-20-21-43(31)61(75-40)50-41(58)14-13-15-42(50)59/h13-15,25,27,31-33,35,37-40,43-45,47-49,52-53,62,65,69H,11-12,16-24,26,28-30H2,1-10H3/t31-,32+,33+,35+,37+,38-,39-,40?,43?,44?,45+,47-,48-,49+,52+,53-,57+/m0/s1. The van der Waals surface area contributed by atoms with Crippen LogP contribution in [0.1, 0.15) is 138 Å². The van der Waals surface area contributed by atoms with Gasteiger partial charge >= 0.3 is 5.97 Å². The van der Waals surface area contributed by atoms with E-state index in [1.54, 1.807) is 64.3 Å². The number of aliphatic hydroxyl groups excluding tert-OH is 2. The van der Waals surface area contributed by atoms with Gasteiger partial charge in [0.1, 0.15) is 41.9 Å². The third-order valence-corrected chi connectivity index (χ3v) is 17.6. The van der Waals surface area contributed by atoms with Crippen LogP contribution in [0.3, 0.4) is 0 Å². The number of piperidine rings is 1. The molecule has 7 rings (SSSR count). The molecule has 75 heavy (non-hydrogen) atoms. The molecule has 1 aliphatic carbocycles. The minimum Gasteiger partial charge on any atom is -0.460 e. The highest BCUT2D eigenvalue weighted by atomic mass is 35.5. The van der Waals surface area contributed by atoms with E-state index in [2.05, 4.69) is 0 Å². The second kappa shape index (κ2) is 27.0. The first kappa shape index (κ1) is 60.9. The molecule has 3 saturated heterocycles. The fraction of sp³-hybridized carbons (Fsp3) is 0.737. The van der Waals surface area contributed by atoms with Crippen LogP contribution >= 0.6 is 23.2 Å². The van der Waals surface area contributed by atoms with Crippen LogP contribution in [0.5, 0.6) is 0 Å². The fourth-order valence-electron chi connectivity index (χ4n) is 12.2. The molecule has 420 valence electrons. The van der Waals surface area contributed by atoms with Crippen LogP contribution in [-0.4, -0.2) is 144 Å². The number of carbonyl (C=O) groups excluding carboxylic acids is 5. The van der Waals surface area contributed by atoms with Gasteiger partial charge in [-0.1, -0.05) is 76.0 Å². The topological polar surface area (TPSA) is 208 Å². The zero-order chi connectivity index (χ0) is 55.1. The number of esters is 1. The summed E-state index contributed by atoms with van der Waals surface area (Å²) in [5.41, 5.74) is 1.64. The molecule has 5 heterocycles. The Morgan fingerprint density at radius 3 is 2.20 bits per heavy atom. The maximum atomic E-state index is 14.5. The number of carbonyl (C=O) groups is 5. The van der Waals surface area contributed by atoms with Crippen LogP contribution in [0.2, 0.25) is 10.0 Å². The molecule has 0 radical (unpaired) electrons. The Morgan fingerprint density at radius 1 is 0.827 bits per heavy atom. The van der Waals surface area contributed by atoms with Crippen LogP contribution in [0.15, 0.2) is 41.5 Å². The number of allylic oxidation sites excluding steroid dienone is 1. The summed E-state index contributed by atoms with van der Waals surface area (Å²) in [5.74, 6) is -8.64. The number of hydroxylamine groups is 1. The Kier molecular flexibility index (Phi) is 22.0. The maximum absolute atomic E-state index is 14.5. The van der Waals surface area contributed by atoms with Crippen LogP contribution in [0, 0.1) is 35.5 Å². The number of ketones is 3. The third-order valence-electron chi connectivity index (χ3n) is 17.0. The van der Waals surface area contributed by atoms with E-state index < -0.39 is 90.0 Å². The van der Waals surface area contributed by atoms with E-state index in [4.69, 9.17) is 51.7 Å². The number of benzene rings is 1. The molecule has 17 atom stereocenters. The third kappa shape index (κ3) is 14.5. The maximum Gasteiger partial charge on any atom is 0.329 e. The Balaban J connectivity index is 1.36.